The number of aromatic nitrogens is 1. The molecule has 2 heterocycles. The van der Waals surface area contributed by atoms with E-state index in [0.717, 1.165) is 36.5 Å². The fourth-order valence-corrected chi connectivity index (χ4v) is 3.19. The number of carbonyl (C=O) groups excluding carboxylic acids is 1. The van der Waals surface area contributed by atoms with E-state index in [1.807, 2.05) is 13.8 Å². The Bertz CT molecular complexity index is 500. The van der Waals surface area contributed by atoms with Gasteiger partial charge in [-0.1, -0.05) is 11.3 Å². The summed E-state index contributed by atoms with van der Waals surface area (Å²) in [7, 11) is 0. The zero-order chi connectivity index (χ0) is 13.8. The van der Waals surface area contributed by atoms with Crippen molar-refractivity contribution in [3.63, 3.8) is 0 Å². The molecule has 19 heavy (non-hydrogen) atoms. The first-order valence-corrected chi connectivity index (χ1v) is 7.56. The Balaban J connectivity index is 1.84. The highest BCUT2D eigenvalue weighted by atomic mass is 32.1. The molecule has 106 valence electrons. The second-order valence-corrected chi connectivity index (χ2v) is 6.19. The van der Waals surface area contributed by atoms with Gasteiger partial charge in [0.25, 0.3) is 0 Å². The van der Waals surface area contributed by atoms with Crippen LogP contribution >= 0.6 is 11.3 Å². The first kappa shape index (κ1) is 14.3. The molecule has 0 radical (unpaired) electrons. The lowest BCUT2D eigenvalue weighted by Gasteiger charge is -2.23. The summed E-state index contributed by atoms with van der Waals surface area (Å²) in [5, 5.41) is 6.29. The summed E-state index contributed by atoms with van der Waals surface area (Å²) < 4.78 is 1.69. The molecule has 6 heteroatoms. The van der Waals surface area contributed by atoms with Crippen molar-refractivity contribution in [1.82, 2.24) is 15.2 Å². The van der Waals surface area contributed by atoms with Crippen LogP contribution in [0.3, 0.4) is 0 Å². The number of aryl methyl sites for hydroxylation is 1. The van der Waals surface area contributed by atoms with Gasteiger partial charge in [-0.15, -0.1) is 0 Å². The lowest BCUT2D eigenvalue weighted by atomic mass is 10.1. The van der Waals surface area contributed by atoms with Crippen LogP contribution in [0.5, 0.6) is 0 Å². The molecule has 2 N–H and O–H groups in total. The summed E-state index contributed by atoms with van der Waals surface area (Å²) in [6, 6.07) is 0.239. The van der Waals surface area contributed by atoms with Crippen molar-refractivity contribution in [2.24, 2.45) is 0 Å². The molecule has 1 amide bonds. The molecule has 1 atom stereocenters. The molecule has 0 aromatic carbocycles. The highest BCUT2D eigenvalue weighted by Gasteiger charge is 2.15. The molecular weight excluding hydrogens is 262 g/mol. The van der Waals surface area contributed by atoms with Crippen LogP contribution in [0.25, 0.3) is 0 Å². The van der Waals surface area contributed by atoms with Gasteiger partial charge < -0.3 is 15.2 Å². The molecule has 1 aromatic rings. The summed E-state index contributed by atoms with van der Waals surface area (Å²) in [5.74, 6) is 0.0313. The van der Waals surface area contributed by atoms with E-state index in [4.69, 9.17) is 0 Å². The zero-order valence-electron chi connectivity index (χ0n) is 11.5. The summed E-state index contributed by atoms with van der Waals surface area (Å²) in [6.07, 6.45) is 2.51. The molecule has 1 aliphatic rings. The van der Waals surface area contributed by atoms with Crippen LogP contribution in [0.15, 0.2) is 4.79 Å². The van der Waals surface area contributed by atoms with E-state index in [2.05, 4.69) is 10.6 Å². The summed E-state index contributed by atoms with van der Waals surface area (Å²) in [4.78, 5) is 24.6. The molecule has 2 rings (SSSR count). The van der Waals surface area contributed by atoms with Gasteiger partial charge in [0.1, 0.15) is 0 Å². The van der Waals surface area contributed by atoms with E-state index in [-0.39, 0.29) is 16.8 Å². The Morgan fingerprint density at radius 1 is 1.53 bits per heavy atom. The maximum Gasteiger partial charge on any atom is 0.307 e. The Hall–Kier alpha value is -1.14. The van der Waals surface area contributed by atoms with Crippen molar-refractivity contribution < 1.29 is 4.79 Å². The van der Waals surface area contributed by atoms with E-state index in [1.54, 1.807) is 4.57 Å². The zero-order valence-corrected chi connectivity index (χ0v) is 12.3. The van der Waals surface area contributed by atoms with Crippen LogP contribution < -0.4 is 15.5 Å². The number of rotatable bonds is 4. The molecule has 0 aliphatic carbocycles. The third-order valence-electron chi connectivity index (χ3n) is 3.60. The predicted octanol–water partition coefficient (Wildman–Crippen LogP) is 0.785. The van der Waals surface area contributed by atoms with Crippen molar-refractivity contribution in [2.45, 2.75) is 45.7 Å². The van der Waals surface area contributed by atoms with Gasteiger partial charge in [-0.3, -0.25) is 9.59 Å². The normalized spacial score (nSPS) is 19.4. The lowest BCUT2D eigenvalue weighted by Crippen LogP contribution is -2.45. The molecule has 1 fully saturated rings. The van der Waals surface area contributed by atoms with E-state index in [1.165, 1.54) is 11.3 Å². The largest absolute Gasteiger partial charge is 0.352 e. The number of nitrogens with zero attached hydrogens (tertiary/aromatic N) is 1. The molecule has 0 unspecified atom stereocenters. The van der Waals surface area contributed by atoms with Crippen LogP contribution in [0.2, 0.25) is 0 Å². The number of nitrogens with one attached hydrogen (secondary N) is 2. The van der Waals surface area contributed by atoms with Crippen molar-refractivity contribution in [3.05, 3.63) is 20.2 Å². The maximum absolute atomic E-state index is 11.9. The number of carbonyl (C=O) groups is 1. The van der Waals surface area contributed by atoms with Gasteiger partial charge in [-0.2, -0.15) is 0 Å². The molecule has 5 nitrogen and oxygen atoms in total. The van der Waals surface area contributed by atoms with Gasteiger partial charge >= 0.3 is 4.87 Å². The Kier molecular flexibility index (Phi) is 4.76. The van der Waals surface area contributed by atoms with E-state index < -0.39 is 0 Å². The molecular formula is C13H21N3O2S. The van der Waals surface area contributed by atoms with Crippen molar-refractivity contribution in [1.29, 1.82) is 0 Å². The number of piperidine rings is 1. The first-order chi connectivity index (χ1) is 9.08. The number of hydrogen-bond donors (Lipinski definition) is 2. The minimum Gasteiger partial charge on any atom is -0.352 e. The van der Waals surface area contributed by atoms with Crippen LogP contribution in [0.4, 0.5) is 0 Å². The molecule has 0 spiro atoms. The van der Waals surface area contributed by atoms with Crippen molar-refractivity contribution in [2.75, 3.05) is 13.1 Å². The minimum atomic E-state index is 0.0298. The van der Waals surface area contributed by atoms with Crippen LogP contribution in [0, 0.1) is 13.8 Å². The monoisotopic (exact) mass is 283 g/mol. The topological polar surface area (TPSA) is 63.1 Å². The second kappa shape index (κ2) is 6.34. The van der Waals surface area contributed by atoms with Gasteiger partial charge in [-0.25, -0.2) is 0 Å². The van der Waals surface area contributed by atoms with E-state index >= 15 is 0 Å². The second-order valence-electron chi connectivity index (χ2n) is 5.02. The maximum atomic E-state index is 11.9. The lowest BCUT2D eigenvalue weighted by molar-refractivity contribution is -0.122. The summed E-state index contributed by atoms with van der Waals surface area (Å²) >= 11 is 1.25. The molecule has 0 bridgehead atoms. The van der Waals surface area contributed by atoms with E-state index in [0.29, 0.717) is 13.0 Å². The summed E-state index contributed by atoms with van der Waals surface area (Å²) in [5.41, 5.74) is 0.974. The average molecular weight is 283 g/mol. The highest BCUT2D eigenvalue weighted by molar-refractivity contribution is 7.09. The molecule has 1 saturated heterocycles. The Labute approximate surface area is 117 Å². The van der Waals surface area contributed by atoms with Gasteiger partial charge in [-0.05, 0) is 33.2 Å². The van der Waals surface area contributed by atoms with Crippen molar-refractivity contribution >= 4 is 17.2 Å². The smallest absolute Gasteiger partial charge is 0.307 e. The third-order valence-corrected chi connectivity index (χ3v) is 4.60. The first-order valence-electron chi connectivity index (χ1n) is 6.75. The number of thiazole rings is 1. The predicted molar refractivity (Wildman–Crippen MR) is 76.7 cm³/mol. The van der Waals surface area contributed by atoms with Crippen LogP contribution in [-0.2, 0) is 11.3 Å². The van der Waals surface area contributed by atoms with E-state index in [9.17, 15) is 9.59 Å². The minimum absolute atomic E-state index is 0.0298. The Morgan fingerprint density at radius 2 is 2.32 bits per heavy atom. The number of amides is 1. The number of hydrogen-bond acceptors (Lipinski definition) is 4. The molecule has 0 saturated carbocycles. The van der Waals surface area contributed by atoms with Gasteiger partial charge in [0.2, 0.25) is 5.91 Å². The SMILES string of the molecule is Cc1sc(=O)n(CCC(=O)N[C@H]2CCCNC2)c1C. The quantitative estimate of drug-likeness (QED) is 0.858. The van der Waals surface area contributed by atoms with Gasteiger partial charge in [0.15, 0.2) is 0 Å². The molecule has 1 aromatic heterocycles. The third kappa shape index (κ3) is 3.67. The van der Waals surface area contributed by atoms with Crippen LogP contribution in [0.1, 0.15) is 29.8 Å². The van der Waals surface area contributed by atoms with Crippen molar-refractivity contribution in [3.8, 4) is 0 Å². The van der Waals surface area contributed by atoms with Crippen LogP contribution in [-0.4, -0.2) is 29.6 Å². The summed E-state index contributed by atoms with van der Waals surface area (Å²) in [6.45, 7) is 6.22. The molecule has 1 aliphatic heterocycles. The highest BCUT2D eigenvalue weighted by Crippen LogP contribution is 2.09. The van der Waals surface area contributed by atoms with Gasteiger partial charge in [0, 0.05) is 36.1 Å². The Morgan fingerprint density at radius 3 is 2.89 bits per heavy atom. The fraction of sp³-hybridized carbons (Fsp3) is 0.692. The average Bonchev–Trinajstić information content (AvgIpc) is 2.62. The fourth-order valence-electron chi connectivity index (χ4n) is 2.33. The van der Waals surface area contributed by atoms with Gasteiger partial charge in [0.05, 0.1) is 0 Å². The standard InChI is InChI=1S/C13H21N3O2S/c1-9-10(2)19-13(18)16(9)7-5-12(17)15-11-4-3-6-14-8-11/h11,14H,3-8H2,1-2H3,(H,15,17)/t11-/m0/s1.